The number of carbonyl (C=O) groups is 2. The third-order valence-corrected chi connectivity index (χ3v) is 12.0. The summed E-state index contributed by atoms with van der Waals surface area (Å²) in [5.74, 6) is 0. The van der Waals surface area contributed by atoms with Gasteiger partial charge in [-0.05, 0) is 85.3 Å². The smallest absolute Gasteiger partial charge is 0.321 e. The fraction of sp³-hybridized carbons (Fsp3) is 0.304. The quantitative estimate of drug-likeness (QED) is 0.106. The summed E-state index contributed by atoms with van der Waals surface area (Å²) in [5.41, 5.74) is 12.8. The highest BCUT2D eigenvalue weighted by Crippen LogP contribution is 2.28. The molecule has 2 fully saturated rings. The topological polar surface area (TPSA) is 118 Å². The molecule has 308 valence electrons. The van der Waals surface area contributed by atoms with E-state index in [0.717, 1.165) is 81.8 Å². The lowest BCUT2D eigenvalue weighted by molar-refractivity contribution is 0.134. The molecule has 2 aliphatic rings. The first-order valence-electron chi connectivity index (χ1n) is 19.8. The zero-order valence-corrected chi connectivity index (χ0v) is 37.2. The maximum absolute atomic E-state index is 11.8. The molecule has 6 aromatic rings. The lowest BCUT2D eigenvalue weighted by atomic mass is 10.0. The molecule has 13 heteroatoms. The van der Waals surface area contributed by atoms with Crippen LogP contribution in [0.3, 0.4) is 0 Å². The van der Waals surface area contributed by atoms with E-state index in [1.54, 1.807) is 27.6 Å². The van der Waals surface area contributed by atoms with Crippen molar-refractivity contribution in [2.45, 2.75) is 53.8 Å². The van der Waals surface area contributed by atoms with E-state index < -0.39 is 0 Å². The summed E-state index contributed by atoms with van der Waals surface area (Å²) in [6.45, 7) is 14.1. The SMILES string of the molecule is CCOCc1ccc(C)c(Cc2nc(-c3ccc(Br)cc3)cs2)c1.CCOCc1ccc(C)c(Cc2nc(-c3ccc(N4CCNC4=O)cc3)cs2)c1.O=C1NCCN1. The molecule has 4 heterocycles. The fourth-order valence-electron chi connectivity index (χ4n) is 6.39. The predicted octanol–water partition coefficient (Wildman–Crippen LogP) is 10.1. The van der Waals surface area contributed by atoms with Crippen LogP contribution in [0.1, 0.15) is 57.2 Å². The molecule has 59 heavy (non-hydrogen) atoms. The number of thiazole rings is 2. The van der Waals surface area contributed by atoms with Crippen molar-refractivity contribution >= 4 is 56.4 Å². The van der Waals surface area contributed by atoms with Gasteiger partial charge in [0.15, 0.2) is 0 Å². The Morgan fingerprint density at radius 1 is 0.661 bits per heavy atom. The Hall–Kier alpha value is -4.92. The van der Waals surface area contributed by atoms with Crippen molar-refractivity contribution in [2.75, 3.05) is 44.3 Å². The molecule has 0 saturated carbocycles. The van der Waals surface area contributed by atoms with Crippen LogP contribution in [0.25, 0.3) is 22.5 Å². The molecule has 4 amide bonds. The molecule has 10 nitrogen and oxygen atoms in total. The van der Waals surface area contributed by atoms with E-state index in [2.05, 4.69) is 117 Å². The lowest BCUT2D eigenvalue weighted by Gasteiger charge is -2.14. The molecule has 3 N–H and O–H groups in total. The highest BCUT2D eigenvalue weighted by atomic mass is 79.9. The number of amides is 4. The summed E-state index contributed by atoms with van der Waals surface area (Å²) in [6, 6.07) is 29.3. The number of halogens is 1. The van der Waals surface area contributed by atoms with Crippen molar-refractivity contribution < 1.29 is 19.1 Å². The maximum Gasteiger partial charge on any atom is 0.321 e. The van der Waals surface area contributed by atoms with Crippen LogP contribution >= 0.6 is 38.6 Å². The number of urea groups is 2. The second-order valence-corrected chi connectivity index (χ2v) is 16.8. The van der Waals surface area contributed by atoms with Crippen molar-refractivity contribution in [3.63, 3.8) is 0 Å². The van der Waals surface area contributed by atoms with Gasteiger partial charge in [0.25, 0.3) is 0 Å². The fourth-order valence-corrected chi connectivity index (χ4v) is 8.31. The first kappa shape index (κ1) is 43.7. The van der Waals surface area contributed by atoms with E-state index in [9.17, 15) is 9.59 Å². The number of hydrogen-bond acceptors (Lipinski definition) is 8. The Morgan fingerprint density at radius 2 is 1.15 bits per heavy atom. The maximum atomic E-state index is 11.8. The number of nitrogens with one attached hydrogen (secondary N) is 3. The normalized spacial score (nSPS) is 13.2. The lowest BCUT2D eigenvalue weighted by Crippen LogP contribution is -2.27. The minimum atomic E-state index is -0.0463. The Balaban J connectivity index is 0.000000176. The molecule has 2 saturated heterocycles. The van der Waals surface area contributed by atoms with E-state index in [-0.39, 0.29) is 12.1 Å². The average Bonchev–Trinajstić information content (AvgIpc) is 4.10. The third kappa shape index (κ3) is 12.8. The Morgan fingerprint density at radius 3 is 1.58 bits per heavy atom. The molecule has 2 aliphatic heterocycles. The summed E-state index contributed by atoms with van der Waals surface area (Å²) in [6.07, 6.45) is 1.69. The molecule has 0 spiro atoms. The van der Waals surface area contributed by atoms with Gasteiger partial charge in [0, 0.05) is 84.3 Å². The Labute approximate surface area is 363 Å². The average molecular weight is 896 g/mol. The van der Waals surface area contributed by atoms with Gasteiger partial charge in [0.2, 0.25) is 0 Å². The summed E-state index contributed by atoms with van der Waals surface area (Å²) in [4.78, 5) is 33.2. The van der Waals surface area contributed by atoms with Crippen molar-refractivity contribution in [2.24, 2.45) is 0 Å². The molecule has 0 unspecified atom stereocenters. The number of aromatic nitrogens is 2. The van der Waals surface area contributed by atoms with E-state index >= 15 is 0 Å². The summed E-state index contributed by atoms with van der Waals surface area (Å²) in [5, 5.41) is 14.4. The van der Waals surface area contributed by atoms with Crippen LogP contribution in [0.15, 0.2) is 100 Å². The number of ether oxygens (including phenoxy) is 2. The second-order valence-electron chi connectivity index (χ2n) is 14.0. The number of anilines is 1. The minimum absolute atomic E-state index is 0.0318. The molecular weight excluding hydrogens is 845 g/mol. The Bertz CT molecular complexity index is 2290. The standard InChI is InChI=1S/C23H25N3O2S.C20H20BrNOS.C3H6N2O/c1-3-28-14-17-5-4-16(2)19(12-17)13-22-25-21(15-29-22)18-6-8-20(9-7-18)26-11-10-24-23(26)27;1-3-23-12-15-5-4-14(2)17(10-15)11-20-22-19(13-24-20)16-6-8-18(21)9-7-16;6-3-4-1-2-5-3/h4-9,12,15H,3,10-11,13-14H2,1-2H3,(H,24,27);4-10,13H,3,11-12H2,1-2H3;1-2H2,(H2,4,5,6). The van der Waals surface area contributed by atoms with Gasteiger partial charge >= 0.3 is 12.1 Å². The number of rotatable bonds is 13. The number of nitrogens with zero attached hydrogens (tertiary/aromatic N) is 3. The van der Waals surface area contributed by atoms with E-state index in [1.807, 2.05) is 38.1 Å². The zero-order chi connectivity index (χ0) is 41.6. The first-order valence-corrected chi connectivity index (χ1v) is 22.4. The molecular formula is C46H51BrN6O4S2. The summed E-state index contributed by atoms with van der Waals surface area (Å²) in [7, 11) is 0. The molecule has 0 atom stereocenters. The summed E-state index contributed by atoms with van der Waals surface area (Å²) < 4.78 is 12.1. The van der Waals surface area contributed by atoms with Gasteiger partial charge in [-0.25, -0.2) is 19.6 Å². The van der Waals surface area contributed by atoms with Crippen molar-refractivity contribution in [1.29, 1.82) is 0 Å². The van der Waals surface area contributed by atoms with Gasteiger partial charge in [-0.1, -0.05) is 76.6 Å². The Kier molecular flexibility index (Phi) is 16.2. The molecule has 8 rings (SSSR count). The van der Waals surface area contributed by atoms with Crippen LogP contribution in [-0.4, -0.2) is 61.4 Å². The number of benzene rings is 4. The third-order valence-electron chi connectivity index (χ3n) is 9.73. The van der Waals surface area contributed by atoms with E-state index in [4.69, 9.17) is 19.4 Å². The number of aryl methyl sites for hydroxylation is 2. The van der Waals surface area contributed by atoms with E-state index in [0.29, 0.717) is 26.3 Å². The van der Waals surface area contributed by atoms with Crippen molar-refractivity contribution in [3.8, 4) is 22.5 Å². The molecule has 2 aromatic heterocycles. The van der Waals surface area contributed by atoms with Crippen LogP contribution < -0.4 is 20.9 Å². The van der Waals surface area contributed by atoms with Gasteiger partial charge < -0.3 is 25.4 Å². The predicted molar refractivity (Wildman–Crippen MR) is 244 cm³/mol. The largest absolute Gasteiger partial charge is 0.377 e. The van der Waals surface area contributed by atoms with E-state index in [1.165, 1.54) is 33.4 Å². The number of carbonyl (C=O) groups excluding carboxylic acids is 2. The molecule has 4 aromatic carbocycles. The second kappa shape index (κ2) is 21.9. The van der Waals surface area contributed by atoms with Crippen molar-refractivity contribution in [1.82, 2.24) is 25.9 Å². The first-order chi connectivity index (χ1) is 28.7. The monoisotopic (exact) mass is 894 g/mol. The van der Waals surface area contributed by atoms with Crippen LogP contribution in [0, 0.1) is 13.8 Å². The van der Waals surface area contributed by atoms with Crippen LogP contribution in [0.5, 0.6) is 0 Å². The van der Waals surface area contributed by atoms with Gasteiger partial charge in [-0.2, -0.15) is 0 Å². The highest BCUT2D eigenvalue weighted by molar-refractivity contribution is 9.10. The zero-order valence-electron chi connectivity index (χ0n) is 34.0. The van der Waals surface area contributed by atoms with Gasteiger partial charge in [-0.3, -0.25) is 4.90 Å². The van der Waals surface area contributed by atoms with Gasteiger partial charge in [-0.15, -0.1) is 22.7 Å². The highest BCUT2D eigenvalue weighted by Gasteiger charge is 2.21. The van der Waals surface area contributed by atoms with Crippen LogP contribution in [0.4, 0.5) is 15.3 Å². The number of hydrogen-bond donors (Lipinski definition) is 3. The molecule has 0 radical (unpaired) electrons. The van der Waals surface area contributed by atoms with Crippen molar-refractivity contribution in [3.05, 3.63) is 144 Å². The molecule has 0 aliphatic carbocycles. The van der Waals surface area contributed by atoms with Crippen LogP contribution in [0.2, 0.25) is 0 Å². The summed E-state index contributed by atoms with van der Waals surface area (Å²) >= 11 is 6.88. The molecule has 0 bridgehead atoms. The van der Waals surface area contributed by atoms with Crippen LogP contribution in [-0.2, 0) is 35.5 Å². The van der Waals surface area contributed by atoms with Gasteiger partial charge in [0.1, 0.15) is 0 Å². The van der Waals surface area contributed by atoms with Gasteiger partial charge in [0.05, 0.1) is 34.6 Å². The minimum Gasteiger partial charge on any atom is -0.377 e.